The number of aromatic nitrogens is 3. The highest BCUT2D eigenvalue weighted by molar-refractivity contribution is 6.29. The molecule has 3 aromatic heterocycles. The van der Waals surface area contributed by atoms with Crippen molar-refractivity contribution in [3.63, 3.8) is 0 Å². The second-order valence-corrected chi connectivity index (χ2v) is 8.25. The molecule has 0 spiro atoms. The summed E-state index contributed by atoms with van der Waals surface area (Å²) in [5, 5.41) is 0.348. The minimum absolute atomic E-state index is 0.00736. The third-order valence-corrected chi connectivity index (χ3v) is 5.51. The fraction of sp³-hybridized carbons (Fsp3) is 0.148. The predicted octanol–water partition coefficient (Wildman–Crippen LogP) is 4.89. The lowest BCUT2D eigenvalue weighted by Crippen LogP contribution is -2.39. The van der Waals surface area contributed by atoms with Crippen LogP contribution in [-0.2, 0) is 27.5 Å². The van der Waals surface area contributed by atoms with Crippen LogP contribution in [0.4, 0.5) is 5.82 Å². The number of ether oxygens (including phenoxy) is 1. The molecule has 0 bridgehead atoms. The Bertz CT molecular complexity index is 1270. The van der Waals surface area contributed by atoms with E-state index in [0.29, 0.717) is 16.5 Å². The van der Waals surface area contributed by atoms with E-state index in [1.54, 1.807) is 73.2 Å². The number of hydrogen-bond donors (Lipinski definition) is 0. The van der Waals surface area contributed by atoms with Crippen molar-refractivity contribution in [2.24, 2.45) is 0 Å². The molecule has 3 heterocycles. The Kier molecular flexibility index (Phi) is 7.80. The molecule has 0 fully saturated rings. The quantitative estimate of drug-likeness (QED) is 0.200. The number of amides is 1. The van der Waals surface area contributed by atoms with E-state index in [1.807, 2.05) is 25.1 Å². The van der Waals surface area contributed by atoms with Crippen molar-refractivity contribution in [1.82, 2.24) is 15.0 Å². The highest BCUT2D eigenvalue weighted by Crippen LogP contribution is 2.25. The molecule has 0 aliphatic rings. The first kappa shape index (κ1) is 24.0. The van der Waals surface area contributed by atoms with Crippen LogP contribution in [0.15, 0.2) is 91.4 Å². The number of hydrogen-bond acceptors (Lipinski definition) is 6. The van der Waals surface area contributed by atoms with Crippen LogP contribution in [0.2, 0.25) is 5.15 Å². The Morgan fingerprint density at radius 2 is 1.63 bits per heavy atom. The maximum atomic E-state index is 13.9. The van der Waals surface area contributed by atoms with Gasteiger partial charge in [-0.3, -0.25) is 19.5 Å². The van der Waals surface area contributed by atoms with Gasteiger partial charge >= 0.3 is 5.97 Å². The van der Waals surface area contributed by atoms with E-state index in [4.69, 9.17) is 16.3 Å². The molecule has 4 rings (SSSR count). The summed E-state index contributed by atoms with van der Waals surface area (Å²) in [5.41, 5.74) is 2.86. The highest BCUT2D eigenvalue weighted by Gasteiger charge is 2.35. The number of anilines is 1. The maximum absolute atomic E-state index is 13.9. The molecule has 0 aliphatic heterocycles. The normalized spacial score (nSPS) is 11.5. The Morgan fingerprint density at radius 1 is 0.886 bits per heavy atom. The molecule has 0 saturated carbocycles. The summed E-state index contributed by atoms with van der Waals surface area (Å²) >= 11 is 5.92. The number of pyridine rings is 3. The molecule has 1 amide bonds. The summed E-state index contributed by atoms with van der Waals surface area (Å²) in [6, 6.07) is 21.2. The van der Waals surface area contributed by atoms with Crippen molar-refractivity contribution in [2.45, 2.75) is 26.0 Å². The molecule has 7 nitrogen and oxygen atoms in total. The minimum Gasteiger partial charge on any atom is -0.460 e. The van der Waals surface area contributed by atoms with Crippen molar-refractivity contribution in [1.29, 1.82) is 0 Å². The van der Waals surface area contributed by atoms with Crippen LogP contribution in [0, 0.1) is 6.92 Å². The molecule has 1 atom stereocenters. The van der Waals surface area contributed by atoms with Gasteiger partial charge in [0, 0.05) is 29.8 Å². The first-order valence-electron chi connectivity index (χ1n) is 11.0. The Morgan fingerprint density at radius 3 is 2.29 bits per heavy atom. The molecule has 8 heteroatoms. The first-order valence-corrected chi connectivity index (χ1v) is 11.3. The van der Waals surface area contributed by atoms with Crippen molar-refractivity contribution >= 4 is 29.3 Å². The summed E-state index contributed by atoms with van der Waals surface area (Å²) in [5.74, 6) is -1.89. The highest BCUT2D eigenvalue weighted by atomic mass is 35.5. The van der Waals surface area contributed by atoms with Gasteiger partial charge < -0.3 is 4.74 Å². The van der Waals surface area contributed by atoms with Crippen molar-refractivity contribution < 1.29 is 14.3 Å². The standard InChI is InChI=1S/C27H23ClN4O3/c1-19-10-11-21(16-30-19)18-35-27(34)25(22-7-3-2-4-8-22)26(33)32(24-9-5-6-14-29-24)17-20-12-13-23(28)31-15-20/h2-16,25H,17-18H2,1H3. The molecular formula is C27H23ClN4O3. The third-order valence-electron chi connectivity index (χ3n) is 5.29. The van der Waals surface area contributed by atoms with Crippen LogP contribution >= 0.6 is 11.6 Å². The monoisotopic (exact) mass is 486 g/mol. The number of nitrogens with zero attached hydrogens (tertiary/aromatic N) is 4. The fourth-order valence-corrected chi connectivity index (χ4v) is 3.58. The molecule has 0 aliphatic carbocycles. The topological polar surface area (TPSA) is 85.3 Å². The van der Waals surface area contributed by atoms with Gasteiger partial charge in [0.15, 0.2) is 5.92 Å². The zero-order chi connectivity index (χ0) is 24.6. The van der Waals surface area contributed by atoms with E-state index in [2.05, 4.69) is 15.0 Å². The van der Waals surface area contributed by atoms with Crippen molar-refractivity contribution in [3.8, 4) is 0 Å². The second-order valence-electron chi connectivity index (χ2n) is 7.86. The number of halogens is 1. The molecule has 1 unspecified atom stereocenters. The molecule has 0 N–H and O–H groups in total. The largest absolute Gasteiger partial charge is 0.460 e. The smallest absolute Gasteiger partial charge is 0.323 e. The van der Waals surface area contributed by atoms with Gasteiger partial charge in [-0.05, 0) is 42.3 Å². The number of rotatable bonds is 8. The van der Waals surface area contributed by atoms with Gasteiger partial charge in [0.2, 0.25) is 5.91 Å². The van der Waals surface area contributed by atoms with Crippen LogP contribution < -0.4 is 4.90 Å². The Hall–Kier alpha value is -4.10. The van der Waals surface area contributed by atoms with Crippen molar-refractivity contribution in [3.05, 3.63) is 119 Å². The first-order chi connectivity index (χ1) is 17.0. The fourth-order valence-electron chi connectivity index (χ4n) is 3.47. The van der Waals surface area contributed by atoms with Crippen LogP contribution in [0.25, 0.3) is 0 Å². The molecule has 35 heavy (non-hydrogen) atoms. The SMILES string of the molecule is Cc1ccc(COC(=O)C(C(=O)N(Cc2ccc(Cl)nc2)c2ccccn2)c2ccccc2)cn1. The van der Waals surface area contributed by atoms with Gasteiger partial charge in [0.25, 0.3) is 0 Å². The summed E-state index contributed by atoms with van der Waals surface area (Å²) < 4.78 is 5.58. The minimum atomic E-state index is -1.18. The Balaban J connectivity index is 1.65. The van der Waals surface area contributed by atoms with E-state index in [-0.39, 0.29) is 13.2 Å². The van der Waals surface area contributed by atoms with Crippen molar-refractivity contribution in [2.75, 3.05) is 4.90 Å². The molecule has 176 valence electrons. The van der Waals surface area contributed by atoms with E-state index < -0.39 is 17.8 Å². The zero-order valence-corrected chi connectivity index (χ0v) is 19.8. The number of carbonyl (C=O) groups excluding carboxylic acids is 2. The van der Waals surface area contributed by atoms with Gasteiger partial charge in [-0.2, -0.15) is 0 Å². The van der Waals surface area contributed by atoms with Crippen LogP contribution in [0.5, 0.6) is 0 Å². The molecule has 4 aromatic rings. The molecular weight excluding hydrogens is 464 g/mol. The zero-order valence-electron chi connectivity index (χ0n) is 19.0. The number of esters is 1. The van der Waals surface area contributed by atoms with Crippen LogP contribution in [0.3, 0.4) is 0 Å². The number of benzene rings is 1. The number of carbonyl (C=O) groups is 2. The average molecular weight is 487 g/mol. The summed E-state index contributed by atoms with van der Waals surface area (Å²) in [6.45, 7) is 2.04. The van der Waals surface area contributed by atoms with Crippen LogP contribution in [0.1, 0.15) is 28.3 Å². The van der Waals surface area contributed by atoms with Gasteiger partial charge in [0.05, 0.1) is 6.54 Å². The van der Waals surface area contributed by atoms with E-state index >= 15 is 0 Å². The van der Waals surface area contributed by atoms with E-state index in [9.17, 15) is 9.59 Å². The lowest BCUT2D eigenvalue weighted by atomic mass is 9.97. The predicted molar refractivity (Wildman–Crippen MR) is 133 cm³/mol. The summed E-state index contributed by atoms with van der Waals surface area (Å²) in [6.07, 6.45) is 4.83. The van der Waals surface area contributed by atoms with Gasteiger partial charge in [-0.1, -0.05) is 60.1 Å². The summed E-state index contributed by atoms with van der Waals surface area (Å²) in [7, 11) is 0. The molecule has 0 radical (unpaired) electrons. The summed E-state index contributed by atoms with van der Waals surface area (Å²) in [4.78, 5) is 41.4. The van der Waals surface area contributed by atoms with E-state index in [0.717, 1.165) is 16.8 Å². The lowest BCUT2D eigenvalue weighted by Gasteiger charge is -2.26. The second kappa shape index (κ2) is 11.4. The van der Waals surface area contributed by atoms with Gasteiger partial charge in [-0.25, -0.2) is 9.97 Å². The molecule has 1 aromatic carbocycles. The van der Waals surface area contributed by atoms with Crippen LogP contribution in [-0.4, -0.2) is 26.8 Å². The van der Waals surface area contributed by atoms with Gasteiger partial charge in [0.1, 0.15) is 17.6 Å². The molecule has 0 saturated heterocycles. The Labute approximate surface area is 208 Å². The van der Waals surface area contributed by atoms with Gasteiger partial charge in [-0.15, -0.1) is 0 Å². The van der Waals surface area contributed by atoms with E-state index in [1.165, 1.54) is 4.90 Å². The maximum Gasteiger partial charge on any atom is 0.323 e. The third kappa shape index (κ3) is 6.28. The number of aryl methyl sites for hydroxylation is 1. The lowest BCUT2D eigenvalue weighted by molar-refractivity contribution is -0.149. The average Bonchev–Trinajstić information content (AvgIpc) is 2.89.